The number of hydrogen-bond donors (Lipinski definition) is 3. The lowest BCUT2D eigenvalue weighted by Crippen LogP contribution is -2.56. The zero-order valence-corrected chi connectivity index (χ0v) is 22.5. The van der Waals surface area contributed by atoms with Gasteiger partial charge in [0.2, 0.25) is 17.7 Å². The molecule has 0 saturated carbocycles. The van der Waals surface area contributed by atoms with Crippen molar-refractivity contribution in [2.24, 2.45) is 5.73 Å². The molecule has 2 heterocycles. The maximum atomic E-state index is 13.5. The van der Waals surface area contributed by atoms with Crippen LogP contribution in [-0.2, 0) is 25.7 Å². The SMILES string of the molecule is CC(C)(N)C(=O)N[C@H](COCc1ccccc1)C(=O)Nc1ccn(C(C(=O)N2CCCC2)c2ccccc2)c1. The van der Waals surface area contributed by atoms with Crippen LogP contribution in [0, 0.1) is 0 Å². The van der Waals surface area contributed by atoms with Crippen molar-refractivity contribution >= 4 is 23.4 Å². The normalized spacial score (nSPS) is 15.0. The van der Waals surface area contributed by atoms with E-state index in [9.17, 15) is 14.4 Å². The van der Waals surface area contributed by atoms with Crippen molar-refractivity contribution in [2.75, 3.05) is 25.0 Å². The van der Waals surface area contributed by atoms with Gasteiger partial charge in [-0.2, -0.15) is 0 Å². The van der Waals surface area contributed by atoms with Gasteiger partial charge in [0.1, 0.15) is 12.1 Å². The lowest BCUT2D eigenvalue weighted by Gasteiger charge is -2.25. The van der Waals surface area contributed by atoms with Crippen LogP contribution < -0.4 is 16.4 Å². The molecule has 1 fully saturated rings. The van der Waals surface area contributed by atoms with Crippen LogP contribution in [0.1, 0.15) is 43.9 Å². The van der Waals surface area contributed by atoms with Crippen molar-refractivity contribution in [3.05, 3.63) is 90.3 Å². The molecule has 1 aliphatic heterocycles. The first-order valence-electron chi connectivity index (χ1n) is 13.3. The van der Waals surface area contributed by atoms with Crippen molar-refractivity contribution < 1.29 is 19.1 Å². The fourth-order valence-electron chi connectivity index (χ4n) is 4.46. The van der Waals surface area contributed by atoms with Gasteiger partial charge < -0.3 is 30.6 Å². The number of nitrogens with two attached hydrogens (primary N) is 1. The molecule has 206 valence electrons. The Hall–Kier alpha value is -3.95. The van der Waals surface area contributed by atoms with Gasteiger partial charge in [0, 0.05) is 25.5 Å². The number of nitrogens with one attached hydrogen (secondary N) is 2. The molecule has 1 saturated heterocycles. The van der Waals surface area contributed by atoms with Crippen molar-refractivity contribution in [3.8, 4) is 0 Å². The quantitative estimate of drug-likeness (QED) is 0.351. The maximum absolute atomic E-state index is 13.5. The summed E-state index contributed by atoms with van der Waals surface area (Å²) in [5.74, 6) is -0.888. The molecule has 2 aromatic carbocycles. The minimum Gasteiger partial charge on any atom is -0.374 e. The first kappa shape index (κ1) is 28.1. The molecule has 4 rings (SSSR count). The average Bonchev–Trinajstić information content (AvgIpc) is 3.62. The van der Waals surface area contributed by atoms with Crippen LogP contribution in [0.15, 0.2) is 79.1 Å². The molecule has 2 atom stereocenters. The number of likely N-dealkylation sites (tertiary alicyclic amines) is 1. The van der Waals surface area contributed by atoms with E-state index in [0.29, 0.717) is 12.3 Å². The average molecular weight is 532 g/mol. The molecule has 0 aliphatic carbocycles. The molecule has 1 aromatic heterocycles. The number of rotatable bonds is 11. The maximum Gasteiger partial charge on any atom is 0.250 e. The summed E-state index contributed by atoms with van der Waals surface area (Å²) in [5, 5.41) is 5.57. The van der Waals surface area contributed by atoms with Gasteiger partial charge in [-0.25, -0.2) is 0 Å². The predicted octanol–water partition coefficient (Wildman–Crippen LogP) is 3.08. The molecule has 0 bridgehead atoms. The van der Waals surface area contributed by atoms with Crippen LogP contribution in [0.5, 0.6) is 0 Å². The molecular weight excluding hydrogens is 494 g/mol. The third kappa shape index (κ3) is 7.55. The van der Waals surface area contributed by atoms with Crippen LogP contribution in [0.4, 0.5) is 5.69 Å². The summed E-state index contributed by atoms with van der Waals surface area (Å²) in [6.45, 7) is 4.89. The summed E-state index contributed by atoms with van der Waals surface area (Å²) in [6.07, 6.45) is 5.52. The Morgan fingerprint density at radius 2 is 1.62 bits per heavy atom. The number of carbonyl (C=O) groups is 3. The second kappa shape index (κ2) is 12.7. The fraction of sp³-hybridized carbons (Fsp3) is 0.367. The van der Waals surface area contributed by atoms with Gasteiger partial charge >= 0.3 is 0 Å². The van der Waals surface area contributed by atoms with E-state index in [1.54, 1.807) is 32.3 Å². The smallest absolute Gasteiger partial charge is 0.250 e. The molecule has 3 aromatic rings. The number of amides is 3. The van der Waals surface area contributed by atoms with Gasteiger partial charge in [-0.05, 0) is 43.9 Å². The topological polar surface area (TPSA) is 119 Å². The summed E-state index contributed by atoms with van der Waals surface area (Å²) >= 11 is 0. The molecule has 0 spiro atoms. The van der Waals surface area contributed by atoms with Crippen molar-refractivity contribution in [1.29, 1.82) is 0 Å². The van der Waals surface area contributed by atoms with Gasteiger partial charge in [0.15, 0.2) is 0 Å². The highest BCUT2D eigenvalue weighted by Gasteiger charge is 2.31. The Labute approximate surface area is 229 Å². The molecule has 0 radical (unpaired) electrons. The molecule has 4 N–H and O–H groups in total. The third-order valence-electron chi connectivity index (χ3n) is 6.65. The summed E-state index contributed by atoms with van der Waals surface area (Å²) in [5.41, 5.74) is 7.11. The van der Waals surface area contributed by atoms with Gasteiger partial charge in [-0.15, -0.1) is 0 Å². The van der Waals surface area contributed by atoms with E-state index >= 15 is 0 Å². The number of nitrogens with zero attached hydrogens (tertiary/aromatic N) is 2. The minimum atomic E-state index is -1.17. The standard InChI is InChI=1S/C30H37N5O4/c1-30(2,31)29(38)33-25(21-39-20-22-11-5-3-6-12-22)27(36)32-24-15-18-35(19-24)26(23-13-7-4-8-14-23)28(37)34-16-9-10-17-34/h3-8,11-15,18-19,25-26H,9-10,16-17,20-21,31H2,1-2H3,(H,32,36)(H,33,38)/t25-,26?/m1/s1. The molecule has 9 heteroatoms. The van der Waals surface area contributed by atoms with E-state index in [-0.39, 0.29) is 12.5 Å². The largest absolute Gasteiger partial charge is 0.374 e. The first-order valence-corrected chi connectivity index (χ1v) is 13.3. The highest BCUT2D eigenvalue weighted by atomic mass is 16.5. The van der Waals surface area contributed by atoms with E-state index in [4.69, 9.17) is 10.5 Å². The number of benzene rings is 2. The van der Waals surface area contributed by atoms with Gasteiger partial charge in [0.25, 0.3) is 0 Å². The number of carbonyl (C=O) groups excluding carboxylic acids is 3. The van der Waals surface area contributed by atoms with Crippen molar-refractivity contribution in [1.82, 2.24) is 14.8 Å². The molecule has 9 nitrogen and oxygen atoms in total. The molecular formula is C30H37N5O4. The van der Waals surface area contributed by atoms with E-state index < -0.39 is 29.4 Å². The van der Waals surface area contributed by atoms with Gasteiger partial charge in [-0.1, -0.05) is 60.7 Å². The van der Waals surface area contributed by atoms with Crippen LogP contribution in [0.3, 0.4) is 0 Å². The van der Waals surface area contributed by atoms with E-state index in [0.717, 1.165) is 37.1 Å². The zero-order valence-electron chi connectivity index (χ0n) is 22.5. The molecule has 1 unspecified atom stereocenters. The molecule has 39 heavy (non-hydrogen) atoms. The molecule has 3 amide bonds. The summed E-state index contributed by atoms with van der Waals surface area (Å²) in [6, 6.07) is 19.4. The van der Waals surface area contributed by atoms with E-state index in [1.165, 1.54) is 0 Å². The Kier molecular flexibility index (Phi) is 9.16. The summed E-state index contributed by atoms with van der Waals surface area (Å²) in [7, 11) is 0. The van der Waals surface area contributed by atoms with Gasteiger partial charge in [-0.3, -0.25) is 14.4 Å². The summed E-state index contributed by atoms with van der Waals surface area (Å²) < 4.78 is 7.59. The van der Waals surface area contributed by atoms with Crippen molar-refractivity contribution in [2.45, 2.75) is 50.9 Å². The Balaban J connectivity index is 1.48. The highest BCUT2D eigenvalue weighted by molar-refractivity contribution is 5.98. The predicted molar refractivity (Wildman–Crippen MR) is 150 cm³/mol. The highest BCUT2D eigenvalue weighted by Crippen LogP contribution is 2.25. The number of ether oxygens (including phenoxy) is 1. The van der Waals surface area contributed by atoms with Crippen LogP contribution in [0.2, 0.25) is 0 Å². The Morgan fingerprint density at radius 3 is 2.26 bits per heavy atom. The third-order valence-corrected chi connectivity index (χ3v) is 6.65. The Bertz CT molecular complexity index is 1250. The molecule has 1 aliphatic rings. The van der Waals surface area contributed by atoms with Crippen LogP contribution in [0.25, 0.3) is 0 Å². The number of hydrogen-bond acceptors (Lipinski definition) is 5. The monoisotopic (exact) mass is 531 g/mol. The van der Waals surface area contributed by atoms with Crippen molar-refractivity contribution in [3.63, 3.8) is 0 Å². The lowest BCUT2D eigenvalue weighted by atomic mass is 10.1. The second-order valence-electron chi connectivity index (χ2n) is 10.4. The minimum absolute atomic E-state index is 0.0248. The van der Waals surface area contributed by atoms with Crippen LogP contribution >= 0.6 is 0 Å². The number of anilines is 1. The Morgan fingerprint density at radius 1 is 0.974 bits per heavy atom. The lowest BCUT2D eigenvalue weighted by molar-refractivity contribution is -0.132. The zero-order chi connectivity index (χ0) is 27.8. The van der Waals surface area contributed by atoms with Gasteiger partial charge in [0.05, 0.1) is 24.4 Å². The van der Waals surface area contributed by atoms with Crippen LogP contribution in [-0.4, -0.2) is 58.5 Å². The fourth-order valence-corrected chi connectivity index (χ4v) is 4.46. The first-order chi connectivity index (χ1) is 18.7. The second-order valence-corrected chi connectivity index (χ2v) is 10.4. The number of aromatic nitrogens is 1. The van der Waals surface area contributed by atoms with E-state index in [1.807, 2.05) is 70.1 Å². The van der Waals surface area contributed by atoms with E-state index in [2.05, 4.69) is 10.6 Å². The summed E-state index contributed by atoms with van der Waals surface area (Å²) in [4.78, 5) is 41.2.